The summed E-state index contributed by atoms with van der Waals surface area (Å²) in [4.78, 5) is 4.26. The van der Waals surface area contributed by atoms with Crippen molar-refractivity contribution in [3.63, 3.8) is 0 Å². The molecular formula is C15H24N2O. The third kappa shape index (κ3) is 3.79. The zero-order chi connectivity index (χ0) is 13.1. The van der Waals surface area contributed by atoms with Gasteiger partial charge in [-0.25, -0.2) is 0 Å². The highest BCUT2D eigenvalue weighted by Crippen LogP contribution is 2.39. The van der Waals surface area contributed by atoms with Gasteiger partial charge in [-0.2, -0.15) is 0 Å². The number of aromatic nitrogens is 1. The van der Waals surface area contributed by atoms with Crippen molar-refractivity contribution in [3.05, 3.63) is 30.1 Å². The molecule has 0 amide bonds. The minimum atomic E-state index is -0.524. The monoisotopic (exact) mass is 248 g/mol. The molecule has 0 saturated heterocycles. The van der Waals surface area contributed by atoms with Gasteiger partial charge < -0.3 is 10.4 Å². The molecule has 1 aliphatic rings. The Hall–Kier alpha value is -0.930. The summed E-state index contributed by atoms with van der Waals surface area (Å²) < 4.78 is 0. The molecule has 0 unspecified atom stereocenters. The summed E-state index contributed by atoms with van der Waals surface area (Å²) in [6.07, 6.45) is 5.81. The molecule has 1 aromatic rings. The lowest BCUT2D eigenvalue weighted by atomic mass is 9.71. The normalized spacial score (nSPS) is 21.7. The quantitative estimate of drug-likeness (QED) is 0.860. The first-order valence-electron chi connectivity index (χ1n) is 6.82. The average molecular weight is 248 g/mol. The van der Waals surface area contributed by atoms with E-state index in [-0.39, 0.29) is 0 Å². The van der Waals surface area contributed by atoms with Crippen LogP contribution in [0.3, 0.4) is 0 Å². The van der Waals surface area contributed by atoms with Crippen molar-refractivity contribution in [2.75, 3.05) is 6.54 Å². The van der Waals surface area contributed by atoms with Gasteiger partial charge in [0.25, 0.3) is 0 Å². The summed E-state index contributed by atoms with van der Waals surface area (Å²) in [6.45, 7) is 5.97. The molecule has 0 bridgehead atoms. The van der Waals surface area contributed by atoms with E-state index < -0.39 is 5.60 Å². The Bertz CT molecular complexity index is 365. The van der Waals surface area contributed by atoms with Crippen LogP contribution >= 0.6 is 0 Å². The molecule has 100 valence electrons. The Morgan fingerprint density at radius 3 is 2.56 bits per heavy atom. The molecule has 2 rings (SSSR count). The zero-order valence-electron chi connectivity index (χ0n) is 11.4. The number of hydrogen-bond donors (Lipinski definition) is 2. The van der Waals surface area contributed by atoms with Crippen molar-refractivity contribution in [2.45, 2.75) is 51.7 Å². The molecule has 0 spiro atoms. The summed E-state index contributed by atoms with van der Waals surface area (Å²) in [5.41, 5.74) is 0.898. The Morgan fingerprint density at radius 1 is 1.22 bits per heavy atom. The third-order valence-electron chi connectivity index (χ3n) is 4.02. The Balaban J connectivity index is 1.77. The molecule has 1 heterocycles. The summed E-state index contributed by atoms with van der Waals surface area (Å²) in [6, 6.07) is 5.91. The summed E-state index contributed by atoms with van der Waals surface area (Å²) >= 11 is 0. The number of nitrogens with one attached hydrogen (secondary N) is 1. The molecule has 1 fully saturated rings. The van der Waals surface area contributed by atoms with E-state index in [4.69, 9.17) is 0 Å². The smallest absolute Gasteiger partial charge is 0.0772 e. The van der Waals surface area contributed by atoms with Gasteiger partial charge in [0.1, 0.15) is 0 Å². The first kappa shape index (κ1) is 13.5. The van der Waals surface area contributed by atoms with E-state index in [1.807, 2.05) is 18.2 Å². The van der Waals surface area contributed by atoms with Gasteiger partial charge in [0.05, 0.1) is 11.3 Å². The minimum Gasteiger partial charge on any atom is -0.389 e. The lowest BCUT2D eigenvalue weighted by Gasteiger charge is -2.40. The van der Waals surface area contributed by atoms with Crippen molar-refractivity contribution in [1.82, 2.24) is 10.3 Å². The number of pyridine rings is 1. The molecule has 2 N–H and O–H groups in total. The van der Waals surface area contributed by atoms with Crippen LogP contribution in [0.4, 0.5) is 0 Å². The van der Waals surface area contributed by atoms with Crippen molar-refractivity contribution >= 4 is 0 Å². The van der Waals surface area contributed by atoms with Gasteiger partial charge in [0.15, 0.2) is 0 Å². The fraction of sp³-hybridized carbons (Fsp3) is 0.667. The highest BCUT2D eigenvalue weighted by Gasteiger charge is 2.36. The van der Waals surface area contributed by atoms with Crippen molar-refractivity contribution in [3.8, 4) is 0 Å². The molecule has 0 atom stereocenters. The topological polar surface area (TPSA) is 45.1 Å². The van der Waals surface area contributed by atoms with E-state index in [1.54, 1.807) is 6.20 Å². The third-order valence-corrected chi connectivity index (χ3v) is 4.02. The number of nitrogens with zero attached hydrogens (tertiary/aromatic N) is 1. The molecule has 3 heteroatoms. The van der Waals surface area contributed by atoms with E-state index in [1.165, 1.54) is 0 Å². The molecule has 0 radical (unpaired) electrons. The summed E-state index contributed by atoms with van der Waals surface area (Å²) in [5, 5.41) is 13.8. The van der Waals surface area contributed by atoms with Crippen LogP contribution < -0.4 is 5.32 Å². The lowest BCUT2D eigenvalue weighted by Crippen LogP contribution is -2.44. The van der Waals surface area contributed by atoms with Gasteiger partial charge in [-0.3, -0.25) is 4.98 Å². The molecule has 1 aromatic heterocycles. The zero-order valence-corrected chi connectivity index (χ0v) is 11.4. The van der Waals surface area contributed by atoms with Crippen LogP contribution in [0.25, 0.3) is 0 Å². The number of rotatable bonds is 4. The molecule has 0 aromatic carbocycles. The van der Waals surface area contributed by atoms with Crippen LogP contribution in [0.2, 0.25) is 0 Å². The van der Waals surface area contributed by atoms with Gasteiger partial charge in [0, 0.05) is 19.3 Å². The van der Waals surface area contributed by atoms with Crippen LogP contribution in [0.1, 0.15) is 45.2 Å². The van der Waals surface area contributed by atoms with Gasteiger partial charge in [0.2, 0.25) is 0 Å². The molecule has 0 aliphatic heterocycles. The van der Waals surface area contributed by atoms with Crippen molar-refractivity contribution < 1.29 is 5.11 Å². The number of hydrogen-bond acceptors (Lipinski definition) is 3. The Kier molecular flexibility index (Phi) is 4.03. The Labute approximate surface area is 110 Å². The van der Waals surface area contributed by atoms with Crippen LogP contribution in [0.5, 0.6) is 0 Å². The lowest BCUT2D eigenvalue weighted by molar-refractivity contribution is -0.0245. The summed E-state index contributed by atoms with van der Waals surface area (Å²) in [7, 11) is 0. The predicted molar refractivity (Wildman–Crippen MR) is 73.1 cm³/mol. The second-order valence-corrected chi connectivity index (χ2v) is 6.31. The van der Waals surface area contributed by atoms with Gasteiger partial charge >= 0.3 is 0 Å². The second-order valence-electron chi connectivity index (χ2n) is 6.31. The van der Waals surface area contributed by atoms with E-state index in [2.05, 4.69) is 24.1 Å². The summed E-state index contributed by atoms with van der Waals surface area (Å²) in [5.74, 6) is 0. The fourth-order valence-electron chi connectivity index (χ4n) is 2.49. The predicted octanol–water partition coefficient (Wildman–Crippen LogP) is 2.50. The fourth-order valence-corrected chi connectivity index (χ4v) is 2.49. The molecule has 1 aliphatic carbocycles. The maximum atomic E-state index is 10.5. The van der Waals surface area contributed by atoms with E-state index in [0.717, 1.165) is 37.9 Å². The SMILES string of the molecule is CC1(C)CCC(O)(CNCc2ccccn2)CC1. The average Bonchev–Trinajstić information content (AvgIpc) is 2.35. The molecule has 3 nitrogen and oxygen atoms in total. The van der Waals surface area contributed by atoms with Gasteiger partial charge in [-0.15, -0.1) is 0 Å². The van der Waals surface area contributed by atoms with Crippen LogP contribution in [-0.4, -0.2) is 22.2 Å². The number of aliphatic hydroxyl groups is 1. The van der Waals surface area contributed by atoms with Crippen molar-refractivity contribution in [2.24, 2.45) is 5.41 Å². The van der Waals surface area contributed by atoms with Gasteiger partial charge in [-0.1, -0.05) is 19.9 Å². The van der Waals surface area contributed by atoms with E-state index in [0.29, 0.717) is 12.0 Å². The first-order chi connectivity index (χ1) is 8.49. The maximum Gasteiger partial charge on any atom is 0.0772 e. The van der Waals surface area contributed by atoms with Gasteiger partial charge in [-0.05, 0) is 43.2 Å². The van der Waals surface area contributed by atoms with Crippen LogP contribution in [0, 0.1) is 5.41 Å². The highest BCUT2D eigenvalue weighted by molar-refractivity contribution is 5.03. The Morgan fingerprint density at radius 2 is 1.94 bits per heavy atom. The molecular weight excluding hydrogens is 224 g/mol. The largest absolute Gasteiger partial charge is 0.389 e. The standard InChI is InChI=1S/C15H24N2O/c1-14(2)6-8-15(18,9-7-14)12-16-11-13-5-3-4-10-17-13/h3-5,10,16,18H,6-9,11-12H2,1-2H3. The second kappa shape index (κ2) is 5.37. The highest BCUT2D eigenvalue weighted by atomic mass is 16.3. The maximum absolute atomic E-state index is 10.5. The van der Waals surface area contributed by atoms with Crippen LogP contribution in [0.15, 0.2) is 24.4 Å². The van der Waals surface area contributed by atoms with E-state index >= 15 is 0 Å². The van der Waals surface area contributed by atoms with Crippen molar-refractivity contribution in [1.29, 1.82) is 0 Å². The van der Waals surface area contributed by atoms with Crippen LogP contribution in [-0.2, 0) is 6.54 Å². The molecule has 18 heavy (non-hydrogen) atoms. The first-order valence-corrected chi connectivity index (χ1v) is 6.82. The van der Waals surface area contributed by atoms with E-state index in [9.17, 15) is 5.11 Å². The minimum absolute atomic E-state index is 0.396. The molecule has 1 saturated carbocycles.